The average Bonchev–Trinajstić information content (AvgIpc) is 3.10. The van der Waals surface area contributed by atoms with Gasteiger partial charge in [0.05, 0.1) is 17.6 Å². The molecule has 1 aliphatic rings. The zero-order chi connectivity index (χ0) is 20.7. The molecule has 0 bridgehead atoms. The second-order valence-corrected chi connectivity index (χ2v) is 7.43. The first kappa shape index (κ1) is 18.2. The second-order valence-electron chi connectivity index (χ2n) is 7.43. The Kier molecular flexibility index (Phi) is 4.35. The van der Waals surface area contributed by atoms with E-state index >= 15 is 0 Å². The average molecular weight is 396 g/mol. The highest BCUT2D eigenvalue weighted by Gasteiger charge is 2.33. The van der Waals surface area contributed by atoms with Crippen LogP contribution >= 0.6 is 0 Å². The van der Waals surface area contributed by atoms with Crippen LogP contribution in [-0.4, -0.2) is 30.9 Å². The summed E-state index contributed by atoms with van der Waals surface area (Å²) < 4.78 is 1.59. The SMILES string of the molecule is Cc1ccccc1C1CC(=O)Nc2c1c(C)nn2-c1nncc(-c2ccccc2)n1. The van der Waals surface area contributed by atoms with Gasteiger partial charge in [-0.3, -0.25) is 4.79 Å². The quantitative estimate of drug-likeness (QED) is 0.569. The highest BCUT2D eigenvalue weighted by Crippen LogP contribution is 2.40. The molecule has 2 aromatic heterocycles. The van der Waals surface area contributed by atoms with Crippen LogP contribution in [-0.2, 0) is 4.79 Å². The minimum atomic E-state index is -0.0611. The van der Waals surface area contributed by atoms with Crippen molar-refractivity contribution in [2.45, 2.75) is 26.2 Å². The number of aryl methyl sites for hydroxylation is 2. The van der Waals surface area contributed by atoms with Gasteiger partial charge in [-0.05, 0) is 25.0 Å². The predicted octanol–water partition coefficient (Wildman–Crippen LogP) is 3.82. The summed E-state index contributed by atoms with van der Waals surface area (Å²) in [5, 5.41) is 16.0. The van der Waals surface area contributed by atoms with Gasteiger partial charge in [0, 0.05) is 23.5 Å². The van der Waals surface area contributed by atoms with Crippen molar-refractivity contribution in [3.63, 3.8) is 0 Å². The van der Waals surface area contributed by atoms with Crippen LogP contribution < -0.4 is 5.32 Å². The van der Waals surface area contributed by atoms with Gasteiger partial charge < -0.3 is 5.32 Å². The van der Waals surface area contributed by atoms with Crippen LogP contribution in [0.15, 0.2) is 60.8 Å². The lowest BCUT2D eigenvalue weighted by molar-refractivity contribution is -0.116. The van der Waals surface area contributed by atoms with Gasteiger partial charge in [0.15, 0.2) is 0 Å². The van der Waals surface area contributed by atoms with E-state index in [4.69, 9.17) is 0 Å². The molecular weight excluding hydrogens is 376 g/mol. The molecular formula is C23H20N6O. The van der Waals surface area contributed by atoms with Gasteiger partial charge >= 0.3 is 0 Å². The van der Waals surface area contributed by atoms with Gasteiger partial charge in [0.1, 0.15) is 5.82 Å². The van der Waals surface area contributed by atoms with E-state index in [1.165, 1.54) is 0 Å². The molecule has 0 saturated carbocycles. The van der Waals surface area contributed by atoms with E-state index in [2.05, 4.69) is 44.7 Å². The van der Waals surface area contributed by atoms with Gasteiger partial charge in [-0.15, -0.1) is 5.10 Å². The number of nitrogens with zero attached hydrogens (tertiary/aromatic N) is 5. The fourth-order valence-corrected chi connectivity index (χ4v) is 4.07. The van der Waals surface area contributed by atoms with E-state index in [0.717, 1.165) is 27.9 Å². The first-order valence-electron chi connectivity index (χ1n) is 9.82. The molecule has 2 aromatic carbocycles. The van der Waals surface area contributed by atoms with E-state index in [-0.39, 0.29) is 11.8 Å². The van der Waals surface area contributed by atoms with Crippen LogP contribution in [0.3, 0.4) is 0 Å². The Morgan fingerprint density at radius 3 is 2.60 bits per heavy atom. The summed E-state index contributed by atoms with van der Waals surface area (Å²) in [5.74, 6) is 0.827. The number of nitrogens with one attached hydrogen (secondary N) is 1. The predicted molar refractivity (Wildman–Crippen MR) is 113 cm³/mol. The van der Waals surface area contributed by atoms with Crippen LogP contribution in [0.1, 0.15) is 34.7 Å². The van der Waals surface area contributed by atoms with E-state index in [1.54, 1.807) is 10.9 Å². The molecule has 1 aliphatic heterocycles. The van der Waals surface area contributed by atoms with E-state index in [0.29, 0.717) is 23.9 Å². The van der Waals surface area contributed by atoms with E-state index in [9.17, 15) is 4.79 Å². The molecule has 0 saturated heterocycles. The number of carbonyl (C=O) groups excluding carboxylic acids is 1. The lowest BCUT2D eigenvalue weighted by atomic mass is 9.84. The fourth-order valence-electron chi connectivity index (χ4n) is 4.07. The Morgan fingerprint density at radius 2 is 1.80 bits per heavy atom. The van der Waals surface area contributed by atoms with Gasteiger partial charge in [-0.25, -0.2) is 4.98 Å². The maximum absolute atomic E-state index is 12.6. The van der Waals surface area contributed by atoms with Crippen molar-refractivity contribution in [1.82, 2.24) is 25.0 Å². The molecule has 1 N–H and O–H groups in total. The number of amides is 1. The number of anilines is 1. The monoisotopic (exact) mass is 396 g/mol. The van der Waals surface area contributed by atoms with Crippen LogP contribution in [0, 0.1) is 13.8 Å². The highest BCUT2D eigenvalue weighted by molar-refractivity contribution is 5.95. The zero-order valence-electron chi connectivity index (χ0n) is 16.7. The molecule has 5 rings (SSSR count). The second kappa shape index (κ2) is 7.18. The molecule has 0 aliphatic carbocycles. The summed E-state index contributed by atoms with van der Waals surface area (Å²) in [6.45, 7) is 4.02. The van der Waals surface area contributed by atoms with Gasteiger partial charge in [0.25, 0.3) is 5.95 Å². The molecule has 0 spiro atoms. The van der Waals surface area contributed by atoms with Crippen molar-refractivity contribution >= 4 is 11.7 Å². The summed E-state index contributed by atoms with van der Waals surface area (Å²) in [5.41, 5.74) is 5.76. The number of rotatable bonds is 3. The third kappa shape index (κ3) is 3.04. The molecule has 7 heteroatoms. The summed E-state index contributed by atoms with van der Waals surface area (Å²) in [6, 6.07) is 17.9. The Hall–Kier alpha value is -3.87. The van der Waals surface area contributed by atoms with Crippen LogP contribution in [0.5, 0.6) is 0 Å². The molecule has 1 unspecified atom stereocenters. The summed E-state index contributed by atoms with van der Waals surface area (Å²) in [6.07, 6.45) is 2.00. The molecule has 3 heterocycles. The summed E-state index contributed by atoms with van der Waals surface area (Å²) in [4.78, 5) is 17.2. The first-order chi connectivity index (χ1) is 14.6. The molecule has 4 aromatic rings. The number of aromatic nitrogens is 5. The van der Waals surface area contributed by atoms with Crippen LogP contribution in [0.2, 0.25) is 0 Å². The van der Waals surface area contributed by atoms with E-state index in [1.807, 2.05) is 49.4 Å². The standard InChI is InChI=1S/C23H20N6O/c1-14-8-6-7-11-17(14)18-12-20(30)26-22-21(18)15(2)28-29(22)23-25-19(13-24-27-23)16-9-4-3-5-10-16/h3-11,13,18H,12H2,1-2H3,(H,26,30). The fraction of sp³-hybridized carbons (Fsp3) is 0.174. The minimum absolute atomic E-state index is 0.0518. The van der Waals surface area contributed by atoms with Crippen molar-refractivity contribution in [3.8, 4) is 17.2 Å². The smallest absolute Gasteiger partial charge is 0.272 e. The molecule has 148 valence electrons. The molecule has 0 fully saturated rings. The minimum Gasteiger partial charge on any atom is -0.310 e. The maximum atomic E-state index is 12.6. The summed E-state index contributed by atoms with van der Waals surface area (Å²) in [7, 11) is 0. The van der Waals surface area contributed by atoms with Crippen molar-refractivity contribution < 1.29 is 4.79 Å². The summed E-state index contributed by atoms with van der Waals surface area (Å²) >= 11 is 0. The third-order valence-corrected chi connectivity index (χ3v) is 5.47. The normalized spacial score (nSPS) is 15.5. The van der Waals surface area contributed by atoms with Crippen molar-refractivity contribution in [2.24, 2.45) is 0 Å². The van der Waals surface area contributed by atoms with Crippen LogP contribution in [0.4, 0.5) is 5.82 Å². The molecule has 7 nitrogen and oxygen atoms in total. The molecule has 0 radical (unpaired) electrons. The van der Waals surface area contributed by atoms with Gasteiger partial charge in [-0.1, -0.05) is 54.6 Å². The number of hydrogen-bond donors (Lipinski definition) is 1. The van der Waals surface area contributed by atoms with Gasteiger partial charge in [0.2, 0.25) is 5.91 Å². The van der Waals surface area contributed by atoms with Crippen molar-refractivity contribution in [2.75, 3.05) is 5.32 Å². The van der Waals surface area contributed by atoms with Gasteiger partial charge in [-0.2, -0.15) is 14.9 Å². The molecule has 30 heavy (non-hydrogen) atoms. The first-order valence-corrected chi connectivity index (χ1v) is 9.82. The lowest BCUT2D eigenvalue weighted by Crippen LogP contribution is -2.25. The maximum Gasteiger partial charge on any atom is 0.272 e. The van der Waals surface area contributed by atoms with E-state index < -0.39 is 0 Å². The highest BCUT2D eigenvalue weighted by atomic mass is 16.1. The Bertz CT molecular complexity index is 1250. The Morgan fingerprint density at radius 1 is 1.03 bits per heavy atom. The molecule has 1 atom stereocenters. The topological polar surface area (TPSA) is 85.6 Å². The van der Waals surface area contributed by atoms with Crippen molar-refractivity contribution in [3.05, 3.63) is 83.2 Å². The Labute approximate surface area is 173 Å². The molecule has 1 amide bonds. The largest absolute Gasteiger partial charge is 0.310 e. The number of benzene rings is 2. The van der Waals surface area contributed by atoms with Crippen LogP contribution in [0.25, 0.3) is 17.2 Å². The van der Waals surface area contributed by atoms with Crippen molar-refractivity contribution in [1.29, 1.82) is 0 Å². The lowest BCUT2D eigenvalue weighted by Gasteiger charge is -2.25. The zero-order valence-corrected chi connectivity index (χ0v) is 16.7. The number of hydrogen-bond acceptors (Lipinski definition) is 5. The number of fused-ring (bicyclic) bond motifs is 1. The Balaban J connectivity index is 1.64. The number of carbonyl (C=O) groups is 1. The third-order valence-electron chi connectivity index (χ3n) is 5.47.